The second kappa shape index (κ2) is 17.9. The molecule has 0 aromatic carbocycles. The number of carboxylic acid groups (broad SMARTS) is 2. The van der Waals surface area contributed by atoms with E-state index in [0.717, 1.165) is 19.3 Å². The molecule has 126 valence electrons. The average molecular weight is 342 g/mol. The molecule has 0 saturated carbocycles. The van der Waals surface area contributed by atoms with E-state index in [4.69, 9.17) is 10.2 Å². The molecule has 0 bridgehead atoms. The Morgan fingerprint density at radius 1 is 0.773 bits per heavy atom. The minimum Gasteiger partial charge on any atom is -1.00 e. The van der Waals surface area contributed by atoms with Crippen LogP contribution >= 0.6 is 0 Å². The maximum absolute atomic E-state index is 10.6. The molecule has 0 aliphatic heterocycles. The van der Waals surface area contributed by atoms with Gasteiger partial charge in [0.2, 0.25) is 0 Å². The van der Waals surface area contributed by atoms with Crippen LogP contribution in [-0.2, 0) is 9.59 Å². The Labute approximate surface area is 178 Å². The molecule has 0 heterocycles. The zero-order valence-corrected chi connectivity index (χ0v) is 17.5. The number of hydrogen-bond donors (Lipinski definition) is 2. The van der Waals surface area contributed by atoms with Crippen LogP contribution in [-0.4, -0.2) is 46.7 Å². The molecule has 5 nitrogen and oxygen atoms in total. The summed E-state index contributed by atoms with van der Waals surface area (Å²) < 4.78 is 0. The SMILES string of the molecule is CCCCCCCCCCCCN(CC(=O)O)CC(=O)O.[H-].[K+]. The van der Waals surface area contributed by atoms with Gasteiger partial charge in [-0.2, -0.15) is 0 Å². The zero-order valence-electron chi connectivity index (χ0n) is 15.4. The fourth-order valence-corrected chi connectivity index (χ4v) is 2.42. The second-order valence-corrected chi connectivity index (χ2v) is 5.68. The number of rotatable bonds is 15. The van der Waals surface area contributed by atoms with Gasteiger partial charge in [-0.15, -0.1) is 0 Å². The predicted octanol–water partition coefficient (Wildman–Crippen LogP) is 0.495. The van der Waals surface area contributed by atoms with Crippen molar-refractivity contribution in [1.82, 2.24) is 4.90 Å². The topological polar surface area (TPSA) is 77.8 Å². The van der Waals surface area contributed by atoms with Gasteiger partial charge < -0.3 is 11.6 Å². The number of nitrogens with zero attached hydrogens (tertiary/aromatic N) is 1. The van der Waals surface area contributed by atoms with E-state index in [2.05, 4.69) is 6.92 Å². The normalized spacial score (nSPS) is 10.5. The standard InChI is InChI=1S/C16H31NO4.K.H/c1-2-3-4-5-6-7-8-9-10-11-12-17(13-15(18)19)14-16(20)21;;/h2-14H2,1H3,(H,18,19)(H,20,21);;/q;+1;-1. The third-order valence-electron chi connectivity index (χ3n) is 3.55. The molecule has 0 unspecified atom stereocenters. The van der Waals surface area contributed by atoms with Crippen LogP contribution in [0.2, 0.25) is 0 Å². The quantitative estimate of drug-likeness (QED) is 0.335. The largest absolute Gasteiger partial charge is 1.00 e. The predicted molar refractivity (Wildman–Crippen MR) is 84.7 cm³/mol. The maximum atomic E-state index is 10.6. The second-order valence-electron chi connectivity index (χ2n) is 5.68. The molecular weight excluding hydrogens is 309 g/mol. The Balaban J connectivity index is -0.00000200. The van der Waals surface area contributed by atoms with Gasteiger partial charge >= 0.3 is 63.3 Å². The van der Waals surface area contributed by atoms with Gasteiger partial charge in [-0.05, 0) is 13.0 Å². The first-order chi connectivity index (χ1) is 10.1. The summed E-state index contributed by atoms with van der Waals surface area (Å²) in [6, 6.07) is 0. The van der Waals surface area contributed by atoms with Crippen molar-refractivity contribution in [3.05, 3.63) is 0 Å². The minimum atomic E-state index is -0.969. The summed E-state index contributed by atoms with van der Waals surface area (Å²) in [5.41, 5.74) is 0. The summed E-state index contributed by atoms with van der Waals surface area (Å²) in [6.07, 6.45) is 12.2. The molecular formula is C16H32KNO4. The summed E-state index contributed by atoms with van der Waals surface area (Å²) >= 11 is 0. The van der Waals surface area contributed by atoms with Crippen molar-refractivity contribution in [2.45, 2.75) is 71.1 Å². The molecule has 2 N–H and O–H groups in total. The van der Waals surface area contributed by atoms with Gasteiger partial charge in [-0.1, -0.05) is 64.7 Å². The molecule has 0 aromatic rings. The van der Waals surface area contributed by atoms with E-state index < -0.39 is 11.9 Å². The number of carboxylic acids is 2. The van der Waals surface area contributed by atoms with Crippen LogP contribution in [0.25, 0.3) is 0 Å². The molecule has 0 rings (SSSR count). The maximum Gasteiger partial charge on any atom is 1.00 e. The van der Waals surface area contributed by atoms with Gasteiger partial charge in [-0.3, -0.25) is 14.5 Å². The van der Waals surface area contributed by atoms with E-state index in [1.807, 2.05) is 0 Å². The fraction of sp³-hybridized carbons (Fsp3) is 0.875. The van der Waals surface area contributed by atoms with Crippen LogP contribution in [0.1, 0.15) is 72.6 Å². The van der Waals surface area contributed by atoms with Crippen molar-refractivity contribution in [3.8, 4) is 0 Å². The van der Waals surface area contributed by atoms with Crippen molar-refractivity contribution in [1.29, 1.82) is 0 Å². The minimum absolute atomic E-state index is 0. The van der Waals surface area contributed by atoms with E-state index in [-0.39, 0.29) is 65.9 Å². The molecule has 0 fully saturated rings. The van der Waals surface area contributed by atoms with Crippen molar-refractivity contribution in [3.63, 3.8) is 0 Å². The van der Waals surface area contributed by atoms with Gasteiger partial charge in [0, 0.05) is 0 Å². The molecule has 0 atom stereocenters. The summed E-state index contributed by atoms with van der Waals surface area (Å²) in [6.45, 7) is 2.39. The van der Waals surface area contributed by atoms with Gasteiger partial charge in [0.05, 0.1) is 13.1 Å². The van der Waals surface area contributed by atoms with Crippen LogP contribution in [0.5, 0.6) is 0 Å². The Morgan fingerprint density at radius 2 is 1.14 bits per heavy atom. The smallest absolute Gasteiger partial charge is 1.00 e. The van der Waals surface area contributed by atoms with Crippen LogP contribution in [0, 0.1) is 0 Å². The third kappa shape index (κ3) is 18.6. The van der Waals surface area contributed by atoms with Crippen molar-refractivity contribution >= 4 is 11.9 Å². The molecule has 22 heavy (non-hydrogen) atoms. The fourth-order valence-electron chi connectivity index (χ4n) is 2.42. The van der Waals surface area contributed by atoms with Crippen molar-refractivity contribution < 1.29 is 72.6 Å². The van der Waals surface area contributed by atoms with Gasteiger partial charge in [0.25, 0.3) is 0 Å². The zero-order chi connectivity index (χ0) is 15.9. The number of aliphatic carboxylic acids is 2. The Kier molecular flexibility index (Phi) is 20.1. The summed E-state index contributed by atoms with van der Waals surface area (Å²) in [5.74, 6) is -1.94. The summed E-state index contributed by atoms with van der Waals surface area (Å²) in [7, 11) is 0. The first kappa shape index (κ1) is 24.8. The molecule has 0 amide bonds. The van der Waals surface area contributed by atoms with E-state index in [0.29, 0.717) is 6.54 Å². The number of unbranched alkanes of at least 4 members (excludes halogenated alkanes) is 9. The molecule has 0 aliphatic rings. The third-order valence-corrected chi connectivity index (χ3v) is 3.55. The first-order valence-corrected chi connectivity index (χ1v) is 8.22. The monoisotopic (exact) mass is 341 g/mol. The van der Waals surface area contributed by atoms with Gasteiger partial charge in [0.15, 0.2) is 0 Å². The van der Waals surface area contributed by atoms with Crippen LogP contribution in [0.4, 0.5) is 0 Å². The van der Waals surface area contributed by atoms with Gasteiger partial charge in [-0.25, -0.2) is 0 Å². The summed E-state index contributed by atoms with van der Waals surface area (Å²) in [4.78, 5) is 22.8. The van der Waals surface area contributed by atoms with E-state index in [1.54, 1.807) is 0 Å². The van der Waals surface area contributed by atoms with E-state index in [9.17, 15) is 9.59 Å². The Hall–Kier alpha value is 0.536. The van der Waals surface area contributed by atoms with Gasteiger partial charge in [0.1, 0.15) is 0 Å². The van der Waals surface area contributed by atoms with Crippen molar-refractivity contribution in [2.24, 2.45) is 0 Å². The Morgan fingerprint density at radius 3 is 1.50 bits per heavy atom. The summed E-state index contributed by atoms with van der Waals surface area (Å²) in [5, 5.41) is 17.4. The molecule has 6 heteroatoms. The first-order valence-electron chi connectivity index (χ1n) is 8.22. The average Bonchev–Trinajstić information content (AvgIpc) is 2.39. The molecule has 0 aliphatic carbocycles. The molecule has 0 radical (unpaired) electrons. The van der Waals surface area contributed by atoms with Crippen LogP contribution in [0.3, 0.4) is 0 Å². The van der Waals surface area contributed by atoms with E-state index in [1.165, 1.54) is 49.8 Å². The molecule has 0 saturated heterocycles. The molecule has 0 spiro atoms. The Bertz CT molecular complexity index is 277. The number of hydrogen-bond acceptors (Lipinski definition) is 3. The van der Waals surface area contributed by atoms with Crippen LogP contribution < -0.4 is 51.4 Å². The molecule has 0 aromatic heterocycles. The number of carbonyl (C=O) groups is 2. The van der Waals surface area contributed by atoms with Crippen LogP contribution in [0.15, 0.2) is 0 Å². The van der Waals surface area contributed by atoms with E-state index >= 15 is 0 Å². The van der Waals surface area contributed by atoms with Crippen molar-refractivity contribution in [2.75, 3.05) is 19.6 Å².